The number of halogens is 1. The van der Waals surface area contributed by atoms with E-state index in [4.69, 9.17) is 5.73 Å². The largest absolute Gasteiger partial charge is 0.370 e. The number of nitrogens with zero attached hydrogens (tertiary/aromatic N) is 1. The number of carbonyl (C=O) groups is 1. The number of nitrogens with one attached hydrogen (secondary N) is 2. The molecule has 0 aromatic heterocycles. The van der Waals surface area contributed by atoms with E-state index >= 15 is 0 Å². The van der Waals surface area contributed by atoms with Crippen LogP contribution in [0.5, 0.6) is 0 Å². The van der Waals surface area contributed by atoms with Gasteiger partial charge in [0.05, 0.1) is 6.54 Å². The van der Waals surface area contributed by atoms with Gasteiger partial charge in [-0.1, -0.05) is 44.7 Å². The Labute approximate surface area is 168 Å². The van der Waals surface area contributed by atoms with Gasteiger partial charge >= 0.3 is 0 Å². The van der Waals surface area contributed by atoms with E-state index in [0.717, 1.165) is 17.7 Å². The molecule has 2 rings (SSSR count). The lowest BCUT2D eigenvalue weighted by Crippen LogP contribution is -2.39. The summed E-state index contributed by atoms with van der Waals surface area (Å²) in [4.78, 5) is 16.1. The van der Waals surface area contributed by atoms with Gasteiger partial charge in [0, 0.05) is 18.2 Å². The van der Waals surface area contributed by atoms with Gasteiger partial charge in [-0.05, 0) is 37.0 Å². The van der Waals surface area contributed by atoms with Crippen molar-refractivity contribution in [2.45, 2.75) is 70.9 Å². The van der Waals surface area contributed by atoms with Crippen molar-refractivity contribution >= 4 is 41.5 Å². The number of guanidine groups is 1. The predicted molar refractivity (Wildman–Crippen MR) is 115 cm³/mol. The summed E-state index contributed by atoms with van der Waals surface area (Å²) in [6.45, 7) is 2.51. The molecule has 0 radical (unpaired) electrons. The molecule has 0 saturated heterocycles. The molecule has 25 heavy (non-hydrogen) atoms. The third-order valence-electron chi connectivity index (χ3n) is 4.33. The van der Waals surface area contributed by atoms with Gasteiger partial charge in [0.25, 0.3) is 0 Å². The molecule has 1 aromatic rings. The Morgan fingerprint density at radius 2 is 1.96 bits per heavy atom. The van der Waals surface area contributed by atoms with E-state index in [1.165, 1.54) is 38.5 Å². The van der Waals surface area contributed by atoms with Gasteiger partial charge in [0.15, 0.2) is 5.96 Å². The Kier molecular flexibility index (Phi) is 10.5. The Morgan fingerprint density at radius 1 is 1.24 bits per heavy atom. The van der Waals surface area contributed by atoms with E-state index in [1.807, 2.05) is 31.2 Å². The maximum Gasteiger partial charge on any atom is 0.224 e. The van der Waals surface area contributed by atoms with Gasteiger partial charge in [0.1, 0.15) is 0 Å². The zero-order valence-corrected chi connectivity index (χ0v) is 17.4. The Balaban J connectivity index is 0.00000312. The second kappa shape index (κ2) is 12.1. The number of aliphatic imine (C=N–C) groups is 1. The molecular weight excluding hydrogens is 427 g/mol. The number of hydrogen-bond donors (Lipinski definition) is 3. The van der Waals surface area contributed by atoms with Gasteiger partial charge in [-0.3, -0.25) is 4.79 Å². The molecule has 6 heteroatoms. The molecule has 0 unspecified atom stereocenters. The molecule has 0 bridgehead atoms. The van der Waals surface area contributed by atoms with Crippen LogP contribution in [0.4, 0.5) is 5.69 Å². The van der Waals surface area contributed by atoms with E-state index in [1.54, 1.807) is 0 Å². The number of amides is 1. The van der Waals surface area contributed by atoms with Crippen molar-refractivity contribution in [3.63, 3.8) is 0 Å². The van der Waals surface area contributed by atoms with Crippen molar-refractivity contribution < 1.29 is 4.79 Å². The standard InChI is InChI=1S/C19H30N4O.HI/c1-2-8-18(24)22-17-12-7-9-15(13-17)14-21-19(20)23-16-10-5-3-4-6-11-16;/h7,9,12-13,16H,2-6,8,10-11,14H2,1H3,(H,22,24)(H3,20,21,23);1H. The number of carbonyl (C=O) groups excluding carboxylic acids is 1. The molecule has 1 aromatic carbocycles. The lowest BCUT2D eigenvalue weighted by Gasteiger charge is -2.16. The quantitative estimate of drug-likeness (QED) is 0.259. The number of benzene rings is 1. The fourth-order valence-corrected chi connectivity index (χ4v) is 3.05. The first-order chi connectivity index (χ1) is 11.7. The topological polar surface area (TPSA) is 79.5 Å². The monoisotopic (exact) mass is 458 g/mol. The van der Waals surface area contributed by atoms with Crippen molar-refractivity contribution in [2.24, 2.45) is 10.7 Å². The zero-order valence-electron chi connectivity index (χ0n) is 15.1. The molecule has 140 valence electrons. The first-order valence-corrected chi connectivity index (χ1v) is 9.12. The molecule has 1 fully saturated rings. The summed E-state index contributed by atoms with van der Waals surface area (Å²) in [5, 5.41) is 6.26. The van der Waals surface area contributed by atoms with Gasteiger partial charge in [-0.25, -0.2) is 4.99 Å². The summed E-state index contributed by atoms with van der Waals surface area (Å²) >= 11 is 0. The number of rotatable bonds is 6. The first kappa shape index (κ1) is 21.7. The highest BCUT2D eigenvalue weighted by Crippen LogP contribution is 2.17. The van der Waals surface area contributed by atoms with Crippen molar-refractivity contribution in [3.05, 3.63) is 29.8 Å². The maximum absolute atomic E-state index is 11.7. The van der Waals surface area contributed by atoms with Gasteiger partial charge < -0.3 is 16.4 Å². The summed E-state index contributed by atoms with van der Waals surface area (Å²) in [6, 6.07) is 8.24. The maximum atomic E-state index is 11.7. The van der Waals surface area contributed by atoms with Gasteiger partial charge in [0.2, 0.25) is 5.91 Å². The molecule has 4 N–H and O–H groups in total. The highest BCUT2D eigenvalue weighted by molar-refractivity contribution is 14.0. The molecule has 1 saturated carbocycles. The summed E-state index contributed by atoms with van der Waals surface area (Å²) in [5.74, 6) is 0.565. The van der Waals surface area contributed by atoms with E-state index in [9.17, 15) is 4.79 Å². The Morgan fingerprint density at radius 3 is 2.64 bits per heavy atom. The second-order valence-electron chi connectivity index (χ2n) is 6.53. The summed E-state index contributed by atoms with van der Waals surface area (Å²) in [6.07, 6.45) is 8.93. The molecule has 1 amide bonds. The van der Waals surface area contributed by atoms with Crippen LogP contribution in [0.1, 0.15) is 63.9 Å². The highest BCUT2D eigenvalue weighted by Gasteiger charge is 2.12. The van der Waals surface area contributed by atoms with Crippen molar-refractivity contribution in [1.82, 2.24) is 5.32 Å². The highest BCUT2D eigenvalue weighted by atomic mass is 127. The Bertz CT molecular complexity index is 554. The van der Waals surface area contributed by atoms with Crippen LogP contribution in [0.15, 0.2) is 29.3 Å². The predicted octanol–water partition coefficient (Wildman–Crippen LogP) is 4.17. The van der Waals surface area contributed by atoms with Crippen LogP contribution < -0.4 is 16.4 Å². The number of anilines is 1. The fourth-order valence-electron chi connectivity index (χ4n) is 3.05. The molecular formula is C19H31IN4O. The average molecular weight is 458 g/mol. The van der Waals surface area contributed by atoms with E-state index in [0.29, 0.717) is 25.0 Å². The van der Waals surface area contributed by atoms with Crippen LogP contribution in [-0.2, 0) is 11.3 Å². The molecule has 1 aliphatic rings. The molecule has 0 aliphatic heterocycles. The Hall–Kier alpha value is -1.31. The minimum atomic E-state index is 0. The van der Waals surface area contributed by atoms with E-state index in [2.05, 4.69) is 15.6 Å². The molecule has 1 aliphatic carbocycles. The SMILES string of the molecule is CCCC(=O)Nc1cccc(CN=C(N)NC2CCCCCC2)c1.I. The molecule has 0 spiro atoms. The third-order valence-corrected chi connectivity index (χ3v) is 4.33. The van der Waals surface area contributed by atoms with Crippen molar-refractivity contribution in [2.75, 3.05) is 5.32 Å². The van der Waals surface area contributed by atoms with Crippen molar-refractivity contribution in [3.8, 4) is 0 Å². The van der Waals surface area contributed by atoms with E-state index < -0.39 is 0 Å². The summed E-state index contributed by atoms with van der Waals surface area (Å²) in [7, 11) is 0. The fraction of sp³-hybridized carbons (Fsp3) is 0.579. The van der Waals surface area contributed by atoms with E-state index in [-0.39, 0.29) is 29.9 Å². The second-order valence-corrected chi connectivity index (χ2v) is 6.53. The van der Waals surface area contributed by atoms with Crippen LogP contribution in [0.2, 0.25) is 0 Å². The molecule has 5 nitrogen and oxygen atoms in total. The normalized spacial score (nSPS) is 15.8. The minimum Gasteiger partial charge on any atom is -0.370 e. The lowest BCUT2D eigenvalue weighted by molar-refractivity contribution is -0.116. The van der Waals surface area contributed by atoms with Crippen LogP contribution in [0.3, 0.4) is 0 Å². The molecule has 0 heterocycles. The zero-order chi connectivity index (χ0) is 17.2. The number of hydrogen-bond acceptors (Lipinski definition) is 2. The van der Waals surface area contributed by atoms with Crippen molar-refractivity contribution in [1.29, 1.82) is 0 Å². The smallest absolute Gasteiger partial charge is 0.224 e. The third kappa shape index (κ3) is 8.56. The minimum absolute atomic E-state index is 0. The average Bonchev–Trinajstić information content (AvgIpc) is 2.82. The first-order valence-electron chi connectivity index (χ1n) is 9.12. The van der Waals surface area contributed by atoms with Crippen LogP contribution in [0, 0.1) is 0 Å². The van der Waals surface area contributed by atoms with Crippen LogP contribution >= 0.6 is 24.0 Å². The lowest BCUT2D eigenvalue weighted by atomic mass is 10.1. The van der Waals surface area contributed by atoms with Crippen LogP contribution in [0.25, 0.3) is 0 Å². The molecule has 0 atom stereocenters. The summed E-state index contributed by atoms with van der Waals surface area (Å²) < 4.78 is 0. The number of nitrogens with two attached hydrogens (primary N) is 1. The van der Waals surface area contributed by atoms with Gasteiger partial charge in [-0.2, -0.15) is 0 Å². The van der Waals surface area contributed by atoms with Gasteiger partial charge in [-0.15, -0.1) is 24.0 Å². The summed E-state index contributed by atoms with van der Waals surface area (Å²) in [5.41, 5.74) is 7.88. The van der Waals surface area contributed by atoms with Crippen LogP contribution in [-0.4, -0.2) is 17.9 Å².